The summed E-state index contributed by atoms with van der Waals surface area (Å²) in [4.78, 5) is 4.97. The Morgan fingerprint density at radius 2 is 2.12 bits per heavy atom. The summed E-state index contributed by atoms with van der Waals surface area (Å²) < 4.78 is 5.94. The predicted molar refractivity (Wildman–Crippen MR) is 72.1 cm³/mol. The molecule has 16 heavy (non-hydrogen) atoms. The maximum Gasteiger partial charge on any atom is 0.193 e. The zero-order valence-corrected chi connectivity index (χ0v) is 12.4. The molecule has 1 aromatic rings. The first-order chi connectivity index (χ1) is 7.33. The van der Waals surface area contributed by atoms with Crippen molar-refractivity contribution in [2.24, 2.45) is 0 Å². The zero-order chi connectivity index (χ0) is 12.2. The van der Waals surface area contributed by atoms with Crippen molar-refractivity contribution in [1.82, 2.24) is 4.98 Å². The molecule has 0 bridgehead atoms. The van der Waals surface area contributed by atoms with Crippen molar-refractivity contribution in [3.05, 3.63) is 16.6 Å². The molecule has 0 fully saturated rings. The molecule has 0 unspecified atom stereocenters. The second-order valence-electron chi connectivity index (χ2n) is 5.22. The van der Waals surface area contributed by atoms with E-state index >= 15 is 0 Å². The van der Waals surface area contributed by atoms with Crippen LogP contribution in [0.1, 0.15) is 25.6 Å². The van der Waals surface area contributed by atoms with Gasteiger partial charge < -0.3 is 4.43 Å². The van der Waals surface area contributed by atoms with Gasteiger partial charge in [-0.3, -0.25) is 4.98 Å². The maximum absolute atomic E-state index is 5.94. The molecule has 1 rings (SSSR count). The maximum atomic E-state index is 5.94. The summed E-state index contributed by atoms with van der Waals surface area (Å²) in [6.07, 6.45) is 1.78. The first kappa shape index (κ1) is 13.4. The monoisotopic (exact) mass is 253 g/mol. The third-order valence-electron chi connectivity index (χ3n) is 2.96. The van der Waals surface area contributed by atoms with E-state index in [1.807, 2.05) is 0 Å². The van der Waals surface area contributed by atoms with E-state index in [1.54, 1.807) is 23.0 Å². The van der Waals surface area contributed by atoms with Crippen LogP contribution >= 0.6 is 11.3 Å². The fourth-order valence-electron chi connectivity index (χ4n) is 0.834. The Morgan fingerprint density at radius 3 is 2.62 bits per heavy atom. The predicted octanol–water partition coefficient (Wildman–Crippen LogP) is 3.52. The van der Waals surface area contributed by atoms with E-state index in [1.165, 1.54) is 0 Å². The van der Waals surface area contributed by atoms with Crippen LogP contribution in [-0.4, -0.2) is 19.9 Å². The van der Waals surface area contributed by atoms with Crippen LogP contribution in [0, 0.1) is 11.8 Å². The SMILES string of the molecule is CC(C)(C)[Si](C)(C)OCC#Cc1cncs1. The van der Waals surface area contributed by atoms with Crippen LogP contribution in [0.25, 0.3) is 0 Å². The summed E-state index contributed by atoms with van der Waals surface area (Å²) in [7, 11) is -1.64. The highest BCUT2D eigenvalue weighted by Gasteiger charge is 2.36. The van der Waals surface area contributed by atoms with E-state index in [-0.39, 0.29) is 5.04 Å². The molecule has 0 spiro atoms. The average Bonchev–Trinajstić information content (AvgIpc) is 2.63. The largest absolute Gasteiger partial charge is 0.406 e. The van der Waals surface area contributed by atoms with Crippen molar-refractivity contribution in [2.45, 2.75) is 38.9 Å². The van der Waals surface area contributed by atoms with Gasteiger partial charge in [-0.15, -0.1) is 11.3 Å². The first-order valence-electron chi connectivity index (χ1n) is 5.34. The topological polar surface area (TPSA) is 22.1 Å². The van der Waals surface area contributed by atoms with Crippen molar-refractivity contribution in [2.75, 3.05) is 6.61 Å². The molecule has 2 nitrogen and oxygen atoms in total. The summed E-state index contributed by atoms with van der Waals surface area (Å²) >= 11 is 1.56. The van der Waals surface area contributed by atoms with Gasteiger partial charge in [-0.05, 0) is 18.1 Å². The molecule has 0 aliphatic heterocycles. The quantitative estimate of drug-likeness (QED) is 0.594. The number of nitrogens with zero attached hydrogens (tertiary/aromatic N) is 1. The lowest BCUT2D eigenvalue weighted by Crippen LogP contribution is -2.40. The smallest absolute Gasteiger partial charge is 0.193 e. The third-order valence-corrected chi connectivity index (χ3v) is 8.12. The minimum Gasteiger partial charge on any atom is -0.406 e. The first-order valence-corrected chi connectivity index (χ1v) is 9.13. The van der Waals surface area contributed by atoms with Crippen molar-refractivity contribution >= 4 is 19.7 Å². The van der Waals surface area contributed by atoms with Crippen LogP contribution < -0.4 is 0 Å². The van der Waals surface area contributed by atoms with Gasteiger partial charge in [0.1, 0.15) is 0 Å². The van der Waals surface area contributed by atoms with Crippen LogP contribution in [-0.2, 0) is 4.43 Å². The van der Waals surface area contributed by atoms with E-state index in [0.717, 1.165) is 4.88 Å². The van der Waals surface area contributed by atoms with Gasteiger partial charge in [0.15, 0.2) is 8.32 Å². The molecule has 0 aliphatic carbocycles. The highest BCUT2D eigenvalue weighted by Crippen LogP contribution is 2.36. The lowest BCUT2D eigenvalue weighted by atomic mass is 10.2. The summed E-state index contributed by atoms with van der Waals surface area (Å²) in [5.74, 6) is 6.10. The summed E-state index contributed by atoms with van der Waals surface area (Å²) in [6.45, 7) is 11.7. The highest BCUT2D eigenvalue weighted by atomic mass is 32.1. The van der Waals surface area contributed by atoms with Crippen molar-refractivity contribution in [3.63, 3.8) is 0 Å². The van der Waals surface area contributed by atoms with Gasteiger partial charge in [-0.2, -0.15) is 0 Å². The molecule has 0 saturated heterocycles. The average molecular weight is 253 g/mol. The van der Waals surface area contributed by atoms with Crippen molar-refractivity contribution in [3.8, 4) is 11.8 Å². The number of aromatic nitrogens is 1. The van der Waals surface area contributed by atoms with Crippen molar-refractivity contribution < 1.29 is 4.43 Å². The Morgan fingerprint density at radius 1 is 1.44 bits per heavy atom. The summed E-state index contributed by atoms with van der Waals surface area (Å²) in [5.41, 5.74) is 1.79. The third kappa shape index (κ3) is 3.74. The normalized spacial score (nSPS) is 12.1. The molecule has 1 aromatic heterocycles. The fraction of sp³-hybridized carbons (Fsp3) is 0.583. The Labute approximate surface area is 103 Å². The molecule has 88 valence electrons. The van der Waals surface area contributed by atoms with Crippen LogP contribution in [0.15, 0.2) is 11.7 Å². The summed E-state index contributed by atoms with van der Waals surface area (Å²) in [6, 6.07) is 0. The van der Waals surface area contributed by atoms with Gasteiger partial charge in [0, 0.05) is 0 Å². The zero-order valence-electron chi connectivity index (χ0n) is 10.6. The number of thiazole rings is 1. The van der Waals surface area contributed by atoms with Gasteiger partial charge in [0.25, 0.3) is 0 Å². The number of rotatable bonds is 2. The Bertz CT molecular complexity index is 381. The minimum absolute atomic E-state index is 0.249. The lowest BCUT2D eigenvalue weighted by Gasteiger charge is -2.35. The van der Waals surface area contributed by atoms with Gasteiger partial charge in [0.2, 0.25) is 0 Å². The van der Waals surface area contributed by atoms with E-state index in [4.69, 9.17) is 4.43 Å². The lowest BCUT2D eigenvalue weighted by molar-refractivity contribution is 0.334. The van der Waals surface area contributed by atoms with Gasteiger partial charge >= 0.3 is 0 Å². The second kappa shape index (κ2) is 5.13. The van der Waals surface area contributed by atoms with Gasteiger partial charge in [-0.25, -0.2) is 0 Å². The van der Waals surface area contributed by atoms with Crippen LogP contribution in [0.2, 0.25) is 18.1 Å². The van der Waals surface area contributed by atoms with E-state index < -0.39 is 8.32 Å². The van der Waals surface area contributed by atoms with E-state index in [0.29, 0.717) is 6.61 Å². The molecular formula is C12H19NOSSi. The Balaban J connectivity index is 2.47. The minimum atomic E-state index is -1.64. The summed E-state index contributed by atoms with van der Waals surface area (Å²) in [5, 5.41) is 0.249. The molecule has 0 saturated carbocycles. The molecule has 0 aromatic carbocycles. The molecule has 0 atom stereocenters. The van der Waals surface area contributed by atoms with Crippen LogP contribution in [0.5, 0.6) is 0 Å². The van der Waals surface area contributed by atoms with Crippen LogP contribution in [0.3, 0.4) is 0 Å². The van der Waals surface area contributed by atoms with Crippen molar-refractivity contribution in [1.29, 1.82) is 0 Å². The number of hydrogen-bond acceptors (Lipinski definition) is 3. The molecular weight excluding hydrogens is 234 g/mol. The second-order valence-corrected chi connectivity index (χ2v) is 10.9. The highest BCUT2D eigenvalue weighted by molar-refractivity contribution is 7.10. The Hall–Kier alpha value is -0.633. The Kier molecular flexibility index (Phi) is 4.31. The molecule has 0 radical (unpaired) electrons. The molecule has 0 N–H and O–H groups in total. The van der Waals surface area contributed by atoms with E-state index in [2.05, 4.69) is 50.7 Å². The van der Waals surface area contributed by atoms with Gasteiger partial charge in [0.05, 0.1) is 23.2 Å². The standard InChI is InChI=1S/C12H19NOSSi/c1-12(2,3)16(4,5)14-8-6-7-11-9-13-10-15-11/h9-10H,8H2,1-5H3. The molecule has 0 amide bonds. The molecule has 1 heterocycles. The van der Waals surface area contributed by atoms with E-state index in [9.17, 15) is 0 Å². The fourth-order valence-corrected chi connectivity index (χ4v) is 2.19. The molecule has 0 aliphatic rings. The van der Waals surface area contributed by atoms with Gasteiger partial charge in [-0.1, -0.05) is 32.6 Å². The molecule has 4 heteroatoms. The van der Waals surface area contributed by atoms with Crippen LogP contribution in [0.4, 0.5) is 0 Å². The number of hydrogen-bond donors (Lipinski definition) is 0.